The zero-order valence-electron chi connectivity index (χ0n) is 14.5. The lowest BCUT2D eigenvalue weighted by atomic mass is 10.1. The minimum atomic E-state index is -0.143. The van der Waals surface area contributed by atoms with E-state index in [0.29, 0.717) is 32.9 Å². The van der Waals surface area contributed by atoms with Crippen LogP contribution in [-0.4, -0.2) is 20.1 Å². The molecule has 5 nitrogen and oxygen atoms in total. The molecule has 1 aliphatic heterocycles. The van der Waals surface area contributed by atoms with Gasteiger partial charge in [0.05, 0.1) is 23.1 Å². The number of aromatic nitrogens is 1. The van der Waals surface area contributed by atoms with Crippen LogP contribution >= 0.6 is 24.0 Å². The summed E-state index contributed by atoms with van der Waals surface area (Å²) in [5, 5.41) is 8.89. The van der Waals surface area contributed by atoms with Crippen LogP contribution in [-0.2, 0) is 11.3 Å². The summed E-state index contributed by atoms with van der Waals surface area (Å²) in [5.74, 6) is 1.10. The second kappa shape index (κ2) is 7.80. The standard InChI is InChI=1S/C21H13N3O2S2/c22-11-14-3-5-16(6-4-14)18-8-7-17(26-18)10-19-20(25)24(21(27)28-19)13-15-2-1-9-23-12-15/h1-10,12H,13H2/b19-10-. The molecule has 0 N–H and O–H groups in total. The van der Waals surface area contributed by atoms with Gasteiger partial charge in [0, 0.05) is 24.0 Å². The predicted octanol–water partition coefficient (Wildman–Crippen LogP) is 4.61. The van der Waals surface area contributed by atoms with Crippen LogP contribution in [0, 0.1) is 11.3 Å². The van der Waals surface area contributed by atoms with Crippen molar-refractivity contribution in [3.05, 3.63) is 82.7 Å². The summed E-state index contributed by atoms with van der Waals surface area (Å²) in [6, 6.07) is 16.6. The lowest BCUT2D eigenvalue weighted by Gasteiger charge is -2.13. The number of pyridine rings is 1. The third-order valence-electron chi connectivity index (χ3n) is 4.14. The molecule has 0 radical (unpaired) electrons. The molecule has 4 rings (SSSR count). The number of carbonyl (C=O) groups excluding carboxylic acids is 1. The topological polar surface area (TPSA) is 70.1 Å². The van der Waals surface area contributed by atoms with Crippen molar-refractivity contribution in [1.29, 1.82) is 5.26 Å². The van der Waals surface area contributed by atoms with Crippen LogP contribution in [0.2, 0.25) is 0 Å². The maximum absolute atomic E-state index is 12.7. The summed E-state index contributed by atoms with van der Waals surface area (Å²) in [5.41, 5.74) is 2.37. The molecular formula is C21H13N3O2S2. The molecule has 2 aromatic heterocycles. The average molecular weight is 403 g/mol. The van der Waals surface area contributed by atoms with E-state index in [0.717, 1.165) is 11.1 Å². The number of nitriles is 1. The normalized spacial score (nSPS) is 15.2. The Morgan fingerprint density at radius 2 is 2.04 bits per heavy atom. The van der Waals surface area contributed by atoms with Gasteiger partial charge in [0.1, 0.15) is 15.8 Å². The van der Waals surface area contributed by atoms with Crippen LogP contribution in [0.3, 0.4) is 0 Å². The Kier molecular flexibility index (Phi) is 5.06. The van der Waals surface area contributed by atoms with Gasteiger partial charge in [0.25, 0.3) is 5.91 Å². The second-order valence-corrected chi connectivity index (χ2v) is 7.70. The molecule has 136 valence electrons. The van der Waals surface area contributed by atoms with E-state index in [1.807, 2.05) is 30.3 Å². The van der Waals surface area contributed by atoms with Gasteiger partial charge in [-0.3, -0.25) is 14.7 Å². The number of amides is 1. The highest BCUT2D eigenvalue weighted by atomic mass is 32.2. The number of carbonyl (C=O) groups is 1. The molecular weight excluding hydrogens is 390 g/mol. The van der Waals surface area contributed by atoms with Gasteiger partial charge >= 0.3 is 0 Å². The van der Waals surface area contributed by atoms with Gasteiger partial charge in [-0.2, -0.15) is 5.26 Å². The van der Waals surface area contributed by atoms with Gasteiger partial charge in [-0.15, -0.1) is 0 Å². The minimum Gasteiger partial charge on any atom is -0.457 e. The maximum Gasteiger partial charge on any atom is 0.266 e. The van der Waals surface area contributed by atoms with E-state index in [2.05, 4.69) is 11.1 Å². The van der Waals surface area contributed by atoms with Crippen molar-refractivity contribution < 1.29 is 9.21 Å². The van der Waals surface area contributed by atoms with Crippen molar-refractivity contribution in [1.82, 2.24) is 9.88 Å². The highest BCUT2D eigenvalue weighted by Gasteiger charge is 2.32. The molecule has 1 saturated heterocycles. The molecule has 0 spiro atoms. The summed E-state index contributed by atoms with van der Waals surface area (Å²) in [4.78, 5) is 18.9. The molecule has 1 aromatic carbocycles. The zero-order valence-corrected chi connectivity index (χ0v) is 16.2. The van der Waals surface area contributed by atoms with E-state index in [9.17, 15) is 4.79 Å². The van der Waals surface area contributed by atoms with Gasteiger partial charge in [0.2, 0.25) is 0 Å². The lowest BCUT2D eigenvalue weighted by molar-refractivity contribution is -0.122. The number of hydrogen-bond acceptors (Lipinski definition) is 6. The van der Waals surface area contributed by atoms with Crippen LogP contribution in [0.15, 0.2) is 70.2 Å². The molecule has 0 bridgehead atoms. The SMILES string of the molecule is N#Cc1ccc(-c2ccc(/C=C3\SC(=S)N(Cc4cccnc4)C3=O)o2)cc1. The quantitative estimate of drug-likeness (QED) is 0.468. The lowest BCUT2D eigenvalue weighted by Crippen LogP contribution is -2.27. The molecule has 0 saturated carbocycles. The smallest absolute Gasteiger partial charge is 0.266 e. The Bertz CT molecular complexity index is 1110. The van der Waals surface area contributed by atoms with E-state index in [-0.39, 0.29) is 5.91 Å². The van der Waals surface area contributed by atoms with Crippen molar-refractivity contribution in [3.8, 4) is 17.4 Å². The molecule has 3 aromatic rings. The summed E-state index contributed by atoms with van der Waals surface area (Å²) in [6.07, 6.45) is 5.12. The minimum absolute atomic E-state index is 0.143. The Labute approximate surface area is 171 Å². The number of nitrogens with zero attached hydrogens (tertiary/aromatic N) is 3. The third kappa shape index (κ3) is 3.74. The van der Waals surface area contributed by atoms with Gasteiger partial charge < -0.3 is 4.42 Å². The molecule has 0 aliphatic carbocycles. The van der Waals surface area contributed by atoms with Crippen molar-refractivity contribution in [2.24, 2.45) is 0 Å². The number of thiocarbonyl (C=S) groups is 1. The number of rotatable bonds is 4. The number of thioether (sulfide) groups is 1. The van der Waals surface area contributed by atoms with E-state index < -0.39 is 0 Å². The Morgan fingerprint density at radius 1 is 1.21 bits per heavy atom. The van der Waals surface area contributed by atoms with E-state index in [4.69, 9.17) is 21.9 Å². The summed E-state index contributed by atoms with van der Waals surface area (Å²) >= 11 is 6.62. The highest BCUT2D eigenvalue weighted by molar-refractivity contribution is 8.26. The second-order valence-electron chi connectivity index (χ2n) is 6.02. The predicted molar refractivity (Wildman–Crippen MR) is 112 cm³/mol. The molecule has 0 unspecified atom stereocenters. The Morgan fingerprint density at radius 3 is 2.75 bits per heavy atom. The summed E-state index contributed by atoms with van der Waals surface area (Å²) < 4.78 is 6.36. The van der Waals surface area contributed by atoms with E-state index >= 15 is 0 Å². The largest absolute Gasteiger partial charge is 0.457 e. The number of furan rings is 1. The average Bonchev–Trinajstić information content (AvgIpc) is 3.29. The van der Waals surface area contributed by atoms with Crippen LogP contribution in [0.1, 0.15) is 16.9 Å². The third-order valence-corrected chi connectivity index (χ3v) is 5.51. The first-order valence-electron chi connectivity index (χ1n) is 8.39. The molecule has 3 heterocycles. The van der Waals surface area contributed by atoms with Crippen molar-refractivity contribution in [3.63, 3.8) is 0 Å². The van der Waals surface area contributed by atoms with Gasteiger partial charge in [-0.05, 0) is 48.0 Å². The Hall–Kier alpha value is -3.21. The molecule has 1 fully saturated rings. The molecule has 28 heavy (non-hydrogen) atoms. The first-order chi connectivity index (χ1) is 13.6. The molecule has 7 heteroatoms. The van der Waals surface area contributed by atoms with Gasteiger partial charge in [0.15, 0.2) is 0 Å². The van der Waals surface area contributed by atoms with Gasteiger partial charge in [-0.1, -0.05) is 30.0 Å². The van der Waals surface area contributed by atoms with Crippen LogP contribution in [0.25, 0.3) is 17.4 Å². The fourth-order valence-electron chi connectivity index (χ4n) is 2.73. The van der Waals surface area contributed by atoms with E-state index in [1.54, 1.807) is 41.6 Å². The van der Waals surface area contributed by atoms with Crippen molar-refractivity contribution >= 4 is 40.3 Å². The zero-order chi connectivity index (χ0) is 19.5. The molecule has 0 atom stereocenters. The fraction of sp³-hybridized carbons (Fsp3) is 0.0476. The number of hydrogen-bond donors (Lipinski definition) is 0. The van der Waals surface area contributed by atoms with Crippen molar-refractivity contribution in [2.45, 2.75) is 6.54 Å². The fourth-order valence-corrected chi connectivity index (χ4v) is 3.97. The molecule has 1 amide bonds. The summed E-state index contributed by atoms with van der Waals surface area (Å²) in [7, 11) is 0. The van der Waals surface area contributed by atoms with Crippen LogP contribution in [0.5, 0.6) is 0 Å². The first kappa shape index (κ1) is 18.2. The molecule has 1 aliphatic rings. The van der Waals surface area contributed by atoms with Crippen molar-refractivity contribution in [2.75, 3.05) is 0 Å². The van der Waals surface area contributed by atoms with E-state index in [1.165, 1.54) is 11.8 Å². The van der Waals surface area contributed by atoms with Crippen LogP contribution in [0.4, 0.5) is 0 Å². The van der Waals surface area contributed by atoms with Crippen LogP contribution < -0.4 is 0 Å². The maximum atomic E-state index is 12.7. The number of benzene rings is 1. The highest BCUT2D eigenvalue weighted by Crippen LogP contribution is 2.34. The Balaban J connectivity index is 1.53. The first-order valence-corrected chi connectivity index (χ1v) is 9.61. The van der Waals surface area contributed by atoms with Gasteiger partial charge in [-0.25, -0.2) is 0 Å². The summed E-state index contributed by atoms with van der Waals surface area (Å²) in [6.45, 7) is 0.393. The monoisotopic (exact) mass is 403 g/mol.